The van der Waals surface area contributed by atoms with E-state index in [2.05, 4.69) is 12.2 Å². The highest BCUT2D eigenvalue weighted by Crippen LogP contribution is 2.43. The molecular weight excluding hydrogens is 392 g/mol. The van der Waals surface area contributed by atoms with Crippen LogP contribution in [0.1, 0.15) is 55.8 Å². The first kappa shape index (κ1) is 20.6. The van der Waals surface area contributed by atoms with Crippen molar-refractivity contribution in [3.63, 3.8) is 0 Å². The van der Waals surface area contributed by atoms with Gasteiger partial charge in [0.05, 0.1) is 23.3 Å². The Morgan fingerprint density at radius 2 is 2.00 bits per heavy atom. The first-order valence-electron chi connectivity index (χ1n) is 10.6. The Hall–Kier alpha value is -1.63. The van der Waals surface area contributed by atoms with Crippen LogP contribution in [0.15, 0.2) is 24.3 Å². The molecule has 7 heteroatoms. The molecule has 1 aliphatic carbocycles. The van der Waals surface area contributed by atoms with Crippen molar-refractivity contribution in [3.8, 4) is 0 Å². The summed E-state index contributed by atoms with van der Waals surface area (Å²) < 4.78 is 11.8. The van der Waals surface area contributed by atoms with Gasteiger partial charge in [0, 0.05) is 13.2 Å². The average molecular weight is 421 g/mol. The van der Waals surface area contributed by atoms with Gasteiger partial charge in [-0.2, -0.15) is 0 Å². The maximum absolute atomic E-state index is 13.6. The second-order valence-corrected chi connectivity index (χ2v) is 8.90. The maximum Gasteiger partial charge on any atom is 0.258 e. The lowest BCUT2D eigenvalue weighted by Gasteiger charge is -2.43. The normalized spacial score (nSPS) is 31.9. The molecule has 1 spiro atoms. The molecule has 3 aliphatic rings. The van der Waals surface area contributed by atoms with E-state index in [1.807, 2.05) is 0 Å². The molecule has 2 atom stereocenters. The van der Waals surface area contributed by atoms with Gasteiger partial charge in [-0.25, -0.2) is 0 Å². The Morgan fingerprint density at radius 1 is 1.24 bits per heavy atom. The number of hydrogen-bond donors (Lipinski definition) is 1. The van der Waals surface area contributed by atoms with E-state index in [-0.39, 0.29) is 24.5 Å². The third kappa shape index (κ3) is 4.16. The smallest absolute Gasteiger partial charge is 0.258 e. The lowest BCUT2D eigenvalue weighted by Crippen LogP contribution is -2.57. The Bertz CT molecular complexity index is 757. The molecule has 1 aromatic rings. The number of ether oxygens (including phenoxy) is 2. The van der Waals surface area contributed by atoms with Crippen molar-refractivity contribution in [2.75, 3.05) is 19.8 Å². The van der Waals surface area contributed by atoms with Crippen LogP contribution in [-0.2, 0) is 14.3 Å². The van der Waals surface area contributed by atoms with Crippen LogP contribution in [0.2, 0.25) is 5.02 Å². The fourth-order valence-electron chi connectivity index (χ4n) is 4.68. The SMILES string of the molecule is CC1CCC2(CC1)OC[C@@H](C(=O)NC[C@@H]1CCCO1)N2C(=O)c1ccccc1Cl. The van der Waals surface area contributed by atoms with Crippen LogP contribution in [0.25, 0.3) is 0 Å². The quantitative estimate of drug-likeness (QED) is 0.810. The standard InChI is InChI=1S/C22H29ClN2O4/c1-15-8-10-22(11-9-15)25(21(27)17-6-2-3-7-18(17)23)19(14-29-22)20(26)24-13-16-5-4-12-28-16/h2-3,6-7,15-16,19H,4-5,8-14H2,1H3,(H,24,26)/t15?,16-,19-,22?/m0/s1. The van der Waals surface area contributed by atoms with Gasteiger partial charge in [-0.3, -0.25) is 14.5 Å². The zero-order valence-electron chi connectivity index (χ0n) is 16.9. The molecule has 2 heterocycles. The monoisotopic (exact) mass is 420 g/mol. The van der Waals surface area contributed by atoms with Crippen LogP contribution in [0, 0.1) is 5.92 Å². The van der Waals surface area contributed by atoms with Gasteiger partial charge in [0.1, 0.15) is 11.8 Å². The van der Waals surface area contributed by atoms with Gasteiger partial charge in [0.2, 0.25) is 5.91 Å². The van der Waals surface area contributed by atoms with Crippen LogP contribution >= 0.6 is 11.6 Å². The molecule has 1 N–H and O–H groups in total. The van der Waals surface area contributed by atoms with Crippen molar-refractivity contribution < 1.29 is 19.1 Å². The zero-order chi connectivity index (χ0) is 20.4. The summed E-state index contributed by atoms with van der Waals surface area (Å²) in [4.78, 5) is 28.3. The third-order valence-corrected chi connectivity index (χ3v) is 6.80. The highest BCUT2D eigenvalue weighted by molar-refractivity contribution is 6.33. The third-order valence-electron chi connectivity index (χ3n) is 6.47. The predicted molar refractivity (Wildman–Crippen MR) is 110 cm³/mol. The van der Waals surface area contributed by atoms with Crippen LogP contribution in [0.3, 0.4) is 0 Å². The summed E-state index contributed by atoms with van der Waals surface area (Å²) in [6.45, 7) is 3.63. The number of carbonyl (C=O) groups excluding carboxylic acids is 2. The fourth-order valence-corrected chi connectivity index (χ4v) is 4.90. The van der Waals surface area contributed by atoms with Crippen LogP contribution in [0.5, 0.6) is 0 Å². The second kappa shape index (κ2) is 8.62. The number of carbonyl (C=O) groups is 2. The highest BCUT2D eigenvalue weighted by Gasteiger charge is 2.53. The van der Waals surface area contributed by atoms with E-state index in [0.717, 1.165) is 45.1 Å². The van der Waals surface area contributed by atoms with Gasteiger partial charge in [-0.15, -0.1) is 0 Å². The van der Waals surface area contributed by atoms with Crippen molar-refractivity contribution in [1.82, 2.24) is 10.2 Å². The molecule has 0 aromatic heterocycles. The van der Waals surface area contributed by atoms with E-state index < -0.39 is 11.8 Å². The Balaban J connectivity index is 1.57. The largest absolute Gasteiger partial charge is 0.376 e. The number of rotatable bonds is 4. The number of nitrogens with one attached hydrogen (secondary N) is 1. The van der Waals surface area contributed by atoms with Crippen LogP contribution < -0.4 is 5.32 Å². The molecule has 2 aliphatic heterocycles. The maximum atomic E-state index is 13.6. The van der Waals surface area contributed by atoms with Gasteiger partial charge in [-0.05, 0) is 56.6 Å². The molecule has 0 radical (unpaired) electrons. The summed E-state index contributed by atoms with van der Waals surface area (Å²) in [5.41, 5.74) is -0.316. The van der Waals surface area contributed by atoms with Gasteiger partial charge < -0.3 is 14.8 Å². The summed E-state index contributed by atoms with van der Waals surface area (Å²) in [5.74, 6) is 0.171. The molecule has 0 bridgehead atoms. The summed E-state index contributed by atoms with van der Waals surface area (Å²) in [7, 11) is 0. The van der Waals surface area contributed by atoms with Gasteiger partial charge in [-0.1, -0.05) is 30.7 Å². The molecule has 2 amide bonds. The average Bonchev–Trinajstić information content (AvgIpc) is 3.37. The van der Waals surface area contributed by atoms with Gasteiger partial charge in [0.25, 0.3) is 5.91 Å². The minimum absolute atomic E-state index is 0.0541. The molecule has 1 aromatic carbocycles. The molecule has 158 valence electrons. The van der Waals surface area contributed by atoms with Crippen LogP contribution in [-0.4, -0.2) is 54.3 Å². The molecule has 2 saturated heterocycles. The lowest BCUT2D eigenvalue weighted by molar-refractivity contribution is -0.128. The number of amides is 2. The molecular formula is C22H29ClN2O4. The lowest BCUT2D eigenvalue weighted by atomic mass is 9.83. The van der Waals surface area contributed by atoms with E-state index in [9.17, 15) is 9.59 Å². The van der Waals surface area contributed by atoms with Crippen molar-refractivity contribution in [2.24, 2.45) is 5.92 Å². The molecule has 4 rings (SSSR count). The number of benzene rings is 1. The van der Waals surface area contributed by atoms with Crippen molar-refractivity contribution in [3.05, 3.63) is 34.9 Å². The Labute approximate surface area is 176 Å². The first-order valence-corrected chi connectivity index (χ1v) is 11.0. The Kier molecular flexibility index (Phi) is 6.13. The van der Waals surface area contributed by atoms with Crippen molar-refractivity contribution in [2.45, 2.75) is 63.3 Å². The zero-order valence-corrected chi connectivity index (χ0v) is 17.6. The van der Waals surface area contributed by atoms with E-state index in [1.165, 1.54) is 0 Å². The van der Waals surface area contributed by atoms with Crippen molar-refractivity contribution >= 4 is 23.4 Å². The van der Waals surface area contributed by atoms with Crippen molar-refractivity contribution in [1.29, 1.82) is 0 Å². The molecule has 0 unspecified atom stereocenters. The Morgan fingerprint density at radius 3 is 2.69 bits per heavy atom. The summed E-state index contributed by atoms with van der Waals surface area (Å²) in [6, 6.07) is 6.34. The molecule has 3 fully saturated rings. The molecule has 1 saturated carbocycles. The van der Waals surface area contributed by atoms with Gasteiger partial charge >= 0.3 is 0 Å². The summed E-state index contributed by atoms with van der Waals surface area (Å²) in [6.07, 6.45) is 5.43. The predicted octanol–water partition coefficient (Wildman–Crippen LogP) is 3.38. The number of halogens is 1. The minimum atomic E-state index is -0.728. The van der Waals surface area contributed by atoms with E-state index in [4.69, 9.17) is 21.1 Å². The van der Waals surface area contributed by atoms with E-state index in [0.29, 0.717) is 23.0 Å². The highest BCUT2D eigenvalue weighted by atomic mass is 35.5. The topological polar surface area (TPSA) is 67.9 Å². The second-order valence-electron chi connectivity index (χ2n) is 8.49. The minimum Gasteiger partial charge on any atom is -0.376 e. The summed E-state index contributed by atoms with van der Waals surface area (Å²) >= 11 is 6.32. The molecule has 29 heavy (non-hydrogen) atoms. The van der Waals surface area contributed by atoms with E-state index in [1.54, 1.807) is 29.2 Å². The first-order chi connectivity index (χ1) is 14.0. The molecule has 6 nitrogen and oxygen atoms in total. The summed E-state index contributed by atoms with van der Waals surface area (Å²) in [5, 5.41) is 3.37. The van der Waals surface area contributed by atoms with Crippen LogP contribution in [0.4, 0.5) is 0 Å². The van der Waals surface area contributed by atoms with E-state index >= 15 is 0 Å². The fraction of sp³-hybridized carbons (Fsp3) is 0.636. The number of hydrogen-bond acceptors (Lipinski definition) is 4. The number of nitrogens with zero attached hydrogens (tertiary/aromatic N) is 1. The van der Waals surface area contributed by atoms with Gasteiger partial charge in [0.15, 0.2) is 0 Å².